The van der Waals surface area contributed by atoms with Crippen molar-refractivity contribution in [3.8, 4) is 0 Å². The molecular formula is C22H28O4. The van der Waals surface area contributed by atoms with Crippen LogP contribution in [0, 0.1) is 0 Å². The first-order chi connectivity index (χ1) is 12.4. The molecule has 140 valence electrons. The second kappa shape index (κ2) is 11.1. The van der Waals surface area contributed by atoms with E-state index in [0.29, 0.717) is 17.6 Å². The lowest BCUT2D eigenvalue weighted by atomic mass is 9.99. The fourth-order valence-electron chi connectivity index (χ4n) is 2.30. The molecule has 0 aromatic heterocycles. The molecule has 0 saturated heterocycles. The molecule has 0 unspecified atom stereocenters. The number of methoxy groups -OCH3 is 1. The summed E-state index contributed by atoms with van der Waals surface area (Å²) in [4.78, 5) is 21.5. The van der Waals surface area contributed by atoms with Crippen molar-refractivity contribution in [2.45, 2.75) is 46.0 Å². The highest BCUT2D eigenvalue weighted by Crippen LogP contribution is 2.37. The Balaban J connectivity index is 0.000000412. The summed E-state index contributed by atoms with van der Waals surface area (Å²) >= 11 is 0. The van der Waals surface area contributed by atoms with E-state index in [1.165, 1.54) is 12.7 Å². The number of hydrogen-bond donors (Lipinski definition) is 1. The Morgan fingerprint density at radius 1 is 1.23 bits per heavy atom. The molecule has 0 radical (unpaired) electrons. The number of hydrogen-bond acceptors (Lipinski definition) is 3. The van der Waals surface area contributed by atoms with E-state index in [1.807, 2.05) is 24.3 Å². The molecule has 26 heavy (non-hydrogen) atoms. The molecule has 0 spiro atoms. The van der Waals surface area contributed by atoms with Gasteiger partial charge in [0.1, 0.15) is 0 Å². The van der Waals surface area contributed by atoms with Crippen molar-refractivity contribution >= 4 is 17.5 Å². The maximum absolute atomic E-state index is 11.3. The molecule has 1 N–H and O–H groups in total. The Kier molecular flexibility index (Phi) is 9.13. The van der Waals surface area contributed by atoms with E-state index in [-0.39, 0.29) is 5.97 Å². The number of carbonyl (C=O) groups excluding carboxylic acids is 1. The van der Waals surface area contributed by atoms with Crippen molar-refractivity contribution in [2.75, 3.05) is 7.11 Å². The normalized spacial score (nSPS) is 12.6. The molecular weight excluding hydrogens is 328 g/mol. The number of esters is 1. The Labute approximate surface area is 155 Å². The number of carbonyl (C=O) groups is 2. The number of allylic oxidation sites excluding steroid dienone is 3. The minimum absolute atomic E-state index is 0.347. The molecule has 1 fully saturated rings. The molecule has 0 bridgehead atoms. The van der Waals surface area contributed by atoms with E-state index < -0.39 is 5.97 Å². The van der Waals surface area contributed by atoms with E-state index in [0.717, 1.165) is 36.8 Å². The van der Waals surface area contributed by atoms with Crippen molar-refractivity contribution in [3.63, 3.8) is 0 Å². The van der Waals surface area contributed by atoms with Crippen molar-refractivity contribution in [2.24, 2.45) is 0 Å². The van der Waals surface area contributed by atoms with Gasteiger partial charge in [0.2, 0.25) is 0 Å². The van der Waals surface area contributed by atoms with Crippen LogP contribution in [0.3, 0.4) is 0 Å². The van der Waals surface area contributed by atoms with Crippen molar-refractivity contribution in [1.82, 2.24) is 0 Å². The van der Waals surface area contributed by atoms with Gasteiger partial charge in [0.15, 0.2) is 0 Å². The fraction of sp³-hybridized carbons (Fsp3) is 0.364. The summed E-state index contributed by atoms with van der Waals surface area (Å²) in [5.74, 6) is -1.14. The number of unbranched alkanes of at least 4 members (excludes halogenated alkanes) is 1. The van der Waals surface area contributed by atoms with Gasteiger partial charge in [-0.2, -0.15) is 0 Å². The molecule has 1 aromatic carbocycles. The number of rotatable bonds is 7. The molecule has 1 saturated carbocycles. The highest BCUT2D eigenvalue weighted by molar-refractivity contribution is 5.92. The first-order valence-electron chi connectivity index (χ1n) is 8.85. The minimum atomic E-state index is -0.789. The number of carboxylic acids is 1. The van der Waals surface area contributed by atoms with Gasteiger partial charge in [0.05, 0.1) is 7.11 Å². The average Bonchev–Trinajstić information content (AvgIpc) is 3.47. The third-order valence-electron chi connectivity index (χ3n) is 3.89. The van der Waals surface area contributed by atoms with E-state index in [4.69, 9.17) is 0 Å². The van der Waals surface area contributed by atoms with Gasteiger partial charge < -0.3 is 9.84 Å². The van der Waals surface area contributed by atoms with Gasteiger partial charge in [0.25, 0.3) is 0 Å². The van der Waals surface area contributed by atoms with E-state index in [2.05, 4.69) is 30.4 Å². The standard InChI is InChI=1S/C17H20O2.C5H8O2/c1-2-3-7-15(17(18)19)12-16(14-10-11-14)13-8-5-4-6-9-13;1-4(2)5(6)7-3/h4-6,8-9,12H,2-3,7,10-11H2,1H3,(H,18,19);1H2,2-3H3. The molecule has 4 heteroatoms. The first kappa shape index (κ1) is 21.4. The summed E-state index contributed by atoms with van der Waals surface area (Å²) in [7, 11) is 1.33. The Morgan fingerprint density at radius 3 is 2.23 bits per heavy atom. The molecule has 1 aliphatic carbocycles. The van der Waals surface area contributed by atoms with Gasteiger partial charge in [-0.1, -0.05) is 55.8 Å². The van der Waals surface area contributed by atoms with Crippen LogP contribution in [0.25, 0.3) is 5.57 Å². The fourth-order valence-corrected chi connectivity index (χ4v) is 2.30. The zero-order chi connectivity index (χ0) is 19.5. The summed E-state index contributed by atoms with van der Waals surface area (Å²) in [6.45, 7) is 7.03. The highest BCUT2D eigenvalue weighted by Gasteiger charge is 2.19. The Morgan fingerprint density at radius 2 is 1.85 bits per heavy atom. The quantitative estimate of drug-likeness (QED) is 0.541. The Bertz CT molecular complexity index is 690. The summed E-state index contributed by atoms with van der Waals surface area (Å²) in [5, 5.41) is 9.31. The smallest absolute Gasteiger partial charge is 0.332 e. The maximum atomic E-state index is 11.3. The van der Waals surface area contributed by atoms with E-state index >= 15 is 0 Å². The number of benzene rings is 1. The third kappa shape index (κ3) is 7.51. The predicted octanol–water partition coefficient (Wildman–Crippen LogP) is 5.17. The third-order valence-corrected chi connectivity index (χ3v) is 3.89. The molecule has 0 atom stereocenters. The van der Waals surface area contributed by atoms with Crippen LogP contribution in [0.15, 0.2) is 59.7 Å². The van der Waals surface area contributed by atoms with Crippen LogP contribution in [-0.2, 0) is 14.3 Å². The summed E-state index contributed by atoms with van der Waals surface area (Å²) in [6, 6.07) is 10.1. The van der Waals surface area contributed by atoms with Crippen LogP contribution in [0.5, 0.6) is 0 Å². The maximum Gasteiger partial charge on any atom is 0.332 e. The topological polar surface area (TPSA) is 63.6 Å². The molecule has 0 heterocycles. The van der Waals surface area contributed by atoms with E-state index in [9.17, 15) is 14.7 Å². The first-order valence-corrected chi connectivity index (χ1v) is 8.85. The SMILES string of the molecule is C=C(C)C(=O)OC.CCCCC(=CC(=C1CC1)c1ccccc1)C(=O)O. The van der Waals surface area contributed by atoms with Gasteiger partial charge in [0, 0.05) is 11.1 Å². The van der Waals surface area contributed by atoms with Gasteiger partial charge >= 0.3 is 11.9 Å². The Hall–Kier alpha value is -2.62. The lowest BCUT2D eigenvalue weighted by Crippen LogP contribution is -2.01. The zero-order valence-electron chi connectivity index (χ0n) is 15.9. The van der Waals surface area contributed by atoms with Gasteiger partial charge in [-0.15, -0.1) is 0 Å². The van der Waals surface area contributed by atoms with Crippen LogP contribution < -0.4 is 0 Å². The van der Waals surface area contributed by atoms with Crippen LogP contribution >= 0.6 is 0 Å². The summed E-state index contributed by atoms with van der Waals surface area (Å²) < 4.78 is 4.27. The number of ether oxygens (including phenoxy) is 1. The number of carboxylic acid groups (broad SMARTS) is 1. The van der Waals surface area contributed by atoms with Crippen molar-refractivity contribution in [3.05, 3.63) is 65.3 Å². The highest BCUT2D eigenvalue weighted by atomic mass is 16.5. The van der Waals surface area contributed by atoms with Crippen LogP contribution in [-0.4, -0.2) is 24.2 Å². The molecule has 1 aliphatic rings. The second-order valence-corrected chi connectivity index (χ2v) is 6.23. The zero-order valence-corrected chi connectivity index (χ0v) is 15.9. The summed E-state index contributed by atoms with van der Waals surface area (Å²) in [6.07, 6.45) is 6.67. The number of aliphatic carboxylic acids is 1. The largest absolute Gasteiger partial charge is 0.478 e. The molecule has 0 aliphatic heterocycles. The summed E-state index contributed by atoms with van der Waals surface area (Å²) in [5.41, 5.74) is 4.59. The van der Waals surface area contributed by atoms with Gasteiger partial charge in [-0.3, -0.25) is 0 Å². The molecule has 2 rings (SSSR count). The van der Waals surface area contributed by atoms with Crippen LogP contribution in [0.1, 0.15) is 51.5 Å². The van der Waals surface area contributed by atoms with Crippen molar-refractivity contribution < 1.29 is 19.4 Å². The van der Waals surface area contributed by atoms with Gasteiger partial charge in [-0.05, 0) is 49.8 Å². The van der Waals surface area contributed by atoms with E-state index in [1.54, 1.807) is 6.92 Å². The van der Waals surface area contributed by atoms with Crippen molar-refractivity contribution in [1.29, 1.82) is 0 Å². The van der Waals surface area contributed by atoms with Crippen LogP contribution in [0.4, 0.5) is 0 Å². The lowest BCUT2D eigenvalue weighted by Gasteiger charge is -2.06. The van der Waals surface area contributed by atoms with Crippen LogP contribution in [0.2, 0.25) is 0 Å². The second-order valence-electron chi connectivity index (χ2n) is 6.23. The molecule has 0 amide bonds. The molecule has 1 aromatic rings. The molecule has 4 nitrogen and oxygen atoms in total. The predicted molar refractivity (Wildman–Crippen MR) is 105 cm³/mol. The monoisotopic (exact) mass is 356 g/mol. The minimum Gasteiger partial charge on any atom is -0.478 e. The lowest BCUT2D eigenvalue weighted by molar-refractivity contribution is -0.136. The average molecular weight is 356 g/mol. The van der Waals surface area contributed by atoms with Gasteiger partial charge in [-0.25, -0.2) is 9.59 Å².